The standard InChI is InChI=1S/C14H19N3O/c1-9(2)18-12-7-5-11(6-8-12)13-10(3)17(4)14(15)16-13/h5-9H,1-4H3,(H2,15,16). The summed E-state index contributed by atoms with van der Waals surface area (Å²) < 4.78 is 7.50. The molecule has 0 saturated heterocycles. The Bertz CT molecular complexity index is 541. The normalized spacial score (nSPS) is 10.9. The predicted octanol–water partition coefficient (Wildman–Crippen LogP) is 2.76. The molecule has 0 atom stereocenters. The first kappa shape index (κ1) is 12.5. The summed E-state index contributed by atoms with van der Waals surface area (Å²) in [5, 5.41) is 0. The fraction of sp³-hybridized carbons (Fsp3) is 0.357. The summed E-state index contributed by atoms with van der Waals surface area (Å²) in [5.74, 6) is 1.40. The molecule has 4 nitrogen and oxygen atoms in total. The Kier molecular flexibility index (Phi) is 3.28. The summed E-state index contributed by atoms with van der Waals surface area (Å²) in [6.45, 7) is 6.03. The van der Waals surface area contributed by atoms with E-state index in [9.17, 15) is 0 Å². The fourth-order valence-electron chi connectivity index (χ4n) is 1.84. The molecular weight excluding hydrogens is 226 g/mol. The summed E-state index contributed by atoms with van der Waals surface area (Å²) in [6, 6.07) is 7.93. The van der Waals surface area contributed by atoms with E-state index in [1.54, 1.807) is 0 Å². The summed E-state index contributed by atoms with van der Waals surface area (Å²) in [7, 11) is 1.91. The molecule has 2 N–H and O–H groups in total. The van der Waals surface area contributed by atoms with Crippen molar-refractivity contribution in [3.63, 3.8) is 0 Å². The highest BCUT2D eigenvalue weighted by atomic mass is 16.5. The van der Waals surface area contributed by atoms with Gasteiger partial charge >= 0.3 is 0 Å². The Morgan fingerprint density at radius 1 is 1.22 bits per heavy atom. The van der Waals surface area contributed by atoms with E-state index in [1.165, 1.54) is 0 Å². The number of ether oxygens (including phenoxy) is 1. The molecule has 0 aliphatic rings. The highest BCUT2D eigenvalue weighted by Gasteiger charge is 2.10. The maximum Gasteiger partial charge on any atom is 0.200 e. The quantitative estimate of drug-likeness (QED) is 0.904. The van der Waals surface area contributed by atoms with E-state index >= 15 is 0 Å². The van der Waals surface area contributed by atoms with Crippen molar-refractivity contribution in [3.05, 3.63) is 30.0 Å². The Hall–Kier alpha value is -1.97. The fourth-order valence-corrected chi connectivity index (χ4v) is 1.84. The van der Waals surface area contributed by atoms with Crippen molar-refractivity contribution >= 4 is 5.95 Å². The van der Waals surface area contributed by atoms with Crippen LogP contribution in [0.15, 0.2) is 24.3 Å². The van der Waals surface area contributed by atoms with Gasteiger partial charge in [0.15, 0.2) is 0 Å². The van der Waals surface area contributed by atoms with Gasteiger partial charge in [-0.15, -0.1) is 0 Å². The van der Waals surface area contributed by atoms with Crippen molar-refractivity contribution in [1.82, 2.24) is 9.55 Å². The first-order valence-corrected chi connectivity index (χ1v) is 6.05. The molecule has 0 bridgehead atoms. The van der Waals surface area contributed by atoms with E-state index in [0.29, 0.717) is 5.95 Å². The van der Waals surface area contributed by atoms with Crippen LogP contribution >= 0.6 is 0 Å². The van der Waals surface area contributed by atoms with Crippen molar-refractivity contribution < 1.29 is 4.74 Å². The predicted molar refractivity (Wildman–Crippen MR) is 73.6 cm³/mol. The van der Waals surface area contributed by atoms with E-state index in [0.717, 1.165) is 22.7 Å². The van der Waals surface area contributed by atoms with Gasteiger partial charge in [-0.25, -0.2) is 4.98 Å². The largest absolute Gasteiger partial charge is 0.491 e. The lowest BCUT2D eigenvalue weighted by atomic mass is 10.1. The van der Waals surface area contributed by atoms with Crippen molar-refractivity contribution in [2.24, 2.45) is 7.05 Å². The first-order chi connectivity index (χ1) is 8.49. The van der Waals surface area contributed by atoms with Crippen LogP contribution in [0.1, 0.15) is 19.5 Å². The van der Waals surface area contributed by atoms with E-state index < -0.39 is 0 Å². The smallest absolute Gasteiger partial charge is 0.200 e. The van der Waals surface area contributed by atoms with Gasteiger partial charge in [-0.05, 0) is 45.0 Å². The number of nitrogen functional groups attached to an aromatic ring is 1. The molecule has 0 radical (unpaired) electrons. The maximum absolute atomic E-state index is 5.80. The third-order valence-electron chi connectivity index (χ3n) is 2.92. The van der Waals surface area contributed by atoms with Gasteiger partial charge in [0, 0.05) is 18.3 Å². The van der Waals surface area contributed by atoms with Gasteiger partial charge < -0.3 is 15.0 Å². The zero-order chi connectivity index (χ0) is 13.3. The highest BCUT2D eigenvalue weighted by Crippen LogP contribution is 2.26. The van der Waals surface area contributed by atoms with Crippen LogP contribution in [-0.4, -0.2) is 15.7 Å². The molecule has 0 fully saturated rings. The number of aromatic nitrogens is 2. The third kappa shape index (κ3) is 2.32. The summed E-state index contributed by atoms with van der Waals surface area (Å²) >= 11 is 0. The Balaban J connectivity index is 2.31. The van der Waals surface area contributed by atoms with Gasteiger partial charge in [-0.3, -0.25) is 0 Å². The van der Waals surface area contributed by atoms with Crippen molar-refractivity contribution in [3.8, 4) is 17.0 Å². The lowest BCUT2D eigenvalue weighted by Gasteiger charge is -2.09. The SMILES string of the molecule is Cc1c(-c2ccc(OC(C)C)cc2)nc(N)n1C. The van der Waals surface area contributed by atoms with Crippen LogP contribution in [0, 0.1) is 6.92 Å². The van der Waals surface area contributed by atoms with Crippen molar-refractivity contribution in [2.45, 2.75) is 26.9 Å². The average Bonchev–Trinajstić information content (AvgIpc) is 2.57. The molecule has 0 unspecified atom stereocenters. The summed E-state index contributed by atoms with van der Waals surface area (Å²) in [5.41, 5.74) is 8.84. The van der Waals surface area contributed by atoms with Crippen molar-refractivity contribution in [1.29, 1.82) is 0 Å². The number of nitrogens with two attached hydrogens (primary N) is 1. The number of imidazole rings is 1. The van der Waals surface area contributed by atoms with Crippen molar-refractivity contribution in [2.75, 3.05) is 5.73 Å². The average molecular weight is 245 g/mol. The van der Waals surface area contributed by atoms with Gasteiger partial charge in [0.25, 0.3) is 0 Å². The monoisotopic (exact) mass is 245 g/mol. The molecule has 2 rings (SSSR count). The number of hydrogen-bond donors (Lipinski definition) is 1. The molecule has 0 amide bonds. The number of rotatable bonds is 3. The van der Waals surface area contributed by atoms with E-state index in [2.05, 4.69) is 4.98 Å². The zero-order valence-corrected chi connectivity index (χ0v) is 11.3. The third-order valence-corrected chi connectivity index (χ3v) is 2.92. The van der Waals surface area contributed by atoms with Crippen LogP contribution in [-0.2, 0) is 7.05 Å². The minimum atomic E-state index is 0.183. The van der Waals surface area contributed by atoms with Crippen LogP contribution in [0.25, 0.3) is 11.3 Å². The van der Waals surface area contributed by atoms with Crippen LogP contribution in [0.4, 0.5) is 5.95 Å². The lowest BCUT2D eigenvalue weighted by molar-refractivity contribution is 0.242. The van der Waals surface area contributed by atoms with Crippen LogP contribution < -0.4 is 10.5 Å². The summed E-state index contributed by atoms with van der Waals surface area (Å²) in [6.07, 6.45) is 0.183. The molecule has 2 aromatic rings. The van der Waals surface area contributed by atoms with E-state index in [1.807, 2.05) is 56.7 Å². The van der Waals surface area contributed by atoms with Gasteiger partial charge in [-0.1, -0.05) is 0 Å². The molecule has 0 aliphatic carbocycles. The topological polar surface area (TPSA) is 53.1 Å². The van der Waals surface area contributed by atoms with Crippen LogP contribution in [0.3, 0.4) is 0 Å². The second kappa shape index (κ2) is 4.72. The maximum atomic E-state index is 5.80. The Morgan fingerprint density at radius 2 is 1.83 bits per heavy atom. The minimum absolute atomic E-state index is 0.183. The molecule has 1 aromatic heterocycles. The zero-order valence-electron chi connectivity index (χ0n) is 11.3. The van der Waals surface area contributed by atoms with Gasteiger partial charge in [0.1, 0.15) is 5.75 Å². The minimum Gasteiger partial charge on any atom is -0.491 e. The molecule has 18 heavy (non-hydrogen) atoms. The molecule has 0 aliphatic heterocycles. The first-order valence-electron chi connectivity index (χ1n) is 6.05. The molecular formula is C14H19N3O. The Labute approximate surface area is 107 Å². The number of nitrogens with zero attached hydrogens (tertiary/aromatic N) is 2. The molecule has 96 valence electrons. The van der Waals surface area contributed by atoms with Crippen LogP contribution in [0.2, 0.25) is 0 Å². The highest BCUT2D eigenvalue weighted by molar-refractivity contribution is 5.64. The van der Waals surface area contributed by atoms with Gasteiger partial charge in [-0.2, -0.15) is 0 Å². The molecule has 1 heterocycles. The molecule has 0 spiro atoms. The van der Waals surface area contributed by atoms with Gasteiger partial charge in [0.05, 0.1) is 11.8 Å². The molecule has 4 heteroatoms. The second-order valence-electron chi connectivity index (χ2n) is 4.65. The number of hydrogen-bond acceptors (Lipinski definition) is 3. The summed E-state index contributed by atoms with van der Waals surface area (Å²) in [4.78, 5) is 4.37. The Morgan fingerprint density at radius 3 is 2.28 bits per heavy atom. The number of benzene rings is 1. The number of anilines is 1. The van der Waals surface area contributed by atoms with Gasteiger partial charge in [0.2, 0.25) is 5.95 Å². The second-order valence-corrected chi connectivity index (χ2v) is 4.65. The van der Waals surface area contributed by atoms with E-state index in [-0.39, 0.29) is 6.10 Å². The molecule has 1 aromatic carbocycles. The lowest BCUT2D eigenvalue weighted by Crippen LogP contribution is -2.05. The van der Waals surface area contributed by atoms with Crippen LogP contribution in [0.5, 0.6) is 5.75 Å². The van der Waals surface area contributed by atoms with E-state index in [4.69, 9.17) is 10.5 Å². The molecule has 0 saturated carbocycles.